The van der Waals surface area contributed by atoms with Crippen LogP contribution in [0, 0.1) is 0 Å². The van der Waals surface area contributed by atoms with E-state index in [4.69, 9.17) is 10.5 Å². The Hall–Kier alpha value is -2.41. The molecule has 0 aliphatic carbocycles. The van der Waals surface area contributed by atoms with Crippen LogP contribution >= 0.6 is 0 Å². The second kappa shape index (κ2) is 6.85. The van der Waals surface area contributed by atoms with Gasteiger partial charge in [0.05, 0.1) is 18.5 Å². The number of hydrogen-bond acceptors (Lipinski definition) is 5. The van der Waals surface area contributed by atoms with Gasteiger partial charge in [-0.15, -0.1) is 5.10 Å². The second-order valence-corrected chi connectivity index (χ2v) is 4.64. The highest BCUT2D eigenvalue weighted by atomic mass is 16.5. The van der Waals surface area contributed by atoms with Crippen molar-refractivity contribution in [2.24, 2.45) is 5.73 Å². The molecular formula is C14H19N5O2. The van der Waals surface area contributed by atoms with E-state index < -0.39 is 0 Å². The number of benzene rings is 1. The van der Waals surface area contributed by atoms with Crippen molar-refractivity contribution in [2.45, 2.75) is 26.4 Å². The highest BCUT2D eigenvalue weighted by Crippen LogP contribution is 2.15. The Balaban J connectivity index is 1.91. The predicted molar refractivity (Wildman–Crippen MR) is 78.9 cm³/mol. The summed E-state index contributed by atoms with van der Waals surface area (Å²) in [5, 5.41) is 10.5. The fourth-order valence-electron chi connectivity index (χ4n) is 1.75. The van der Waals surface area contributed by atoms with Gasteiger partial charge in [-0.2, -0.15) is 0 Å². The van der Waals surface area contributed by atoms with Crippen molar-refractivity contribution < 1.29 is 9.53 Å². The van der Waals surface area contributed by atoms with Gasteiger partial charge in [-0.25, -0.2) is 4.68 Å². The average Bonchev–Trinajstić information content (AvgIpc) is 2.90. The van der Waals surface area contributed by atoms with Crippen LogP contribution in [0.3, 0.4) is 0 Å². The van der Waals surface area contributed by atoms with E-state index in [9.17, 15) is 4.79 Å². The van der Waals surface area contributed by atoms with E-state index in [0.29, 0.717) is 18.0 Å². The number of nitrogens with two attached hydrogens (primary N) is 1. The smallest absolute Gasteiger partial charge is 0.246 e. The standard InChI is InChI=1S/C14H19N5O2/c1-3-21-12-6-4-11(5-7-12)16-14(20)9-19-8-13(10(2)15)17-18-19/h4-8,10H,3,9,15H2,1-2H3,(H,16,20). The molecule has 112 valence electrons. The van der Waals surface area contributed by atoms with Gasteiger partial charge in [-0.05, 0) is 38.1 Å². The molecule has 0 saturated carbocycles. The van der Waals surface area contributed by atoms with Crippen LogP contribution in [0.4, 0.5) is 5.69 Å². The summed E-state index contributed by atoms with van der Waals surface area (Å²) in [5.74, 6) is 0.591. The summed E-state index contributed by atoms with van der Waals surface area (Å²) in [5.41, 5.74) is 7.05. The molecule has 7 heteroatoms. The van der Waals surface area contributed by atoms with Crippen molar-refractivity contribution in [1.82, 2.24) is 15.0 Å². The quantitative estimate of drug-likeness (QED) is 0.836. The van der Waals surface area contributed by atoms with Gasteiger partial charge in [0.25, 0.3) is 0 Å². The third-order valence-corrected chi connectivity index (χ3v) is 2.78. The number of ether oxygens (including phenoxy) is 1. The Bertz CT molecular complexity index is 592. The molecule has 0 saturated heterocycles. The molecule has 1 heterocycles. The van der Waals surface area contributed by atoms with Gasteiger partial charge >= 0.3 is 0 Å². The summed E-state index contributed by atoms with van der Waals surface area (Å²) >= 11 is 0. The Morgan fingerprint density at radius 3 is 2.71 bits per heavy atom. The molecule has 21 heavy (non-hydrogen) atoms. The zero-order valence-electron chi connectivity index (χ0n) is 12.1. The van der Waals surface area contributed by atoms with Gasteiger partial charge in [0, 0.05) is 11.7 Å². The van der Waals surface area contributed by atoms with Gasteiger partial charge in [-0.3, -0.25) is 4.79 Å². The first-order chi connectivity index (χ1) is 10.1. The van der Waals surface area contributed by atoms with E-state index >= 15 is 0 Å². The van der Waals surface area contributed by atoms with Crippen molar-refractivity contribution in [1.29, 1.82) is 0 Å². The molecule has 1 atom stereocenters. The van der Waals surface area contributed by atoms with Crippen LogP contribution in [-0.2, 0) is 11.3 Å². The van der Waals surface area contributed by atoms with Gasteiger partial charge in [0.1, 0.15) is 12.3 Å². The third-order valence-electron chi connectivity index (χ3n) is 2.78. The lowest BCUT2D eigenvalue weighted by Gasteiger charge is -2.07. The molecule has 2 rings (SSSR count). The molecule has 1 amide bonds. The molecular weight excluding hydrogens is 270 g/mol. The fraction of sp³-hybridized carbons (Fsp3) is 0.357. The number of aromatic nitrogens is 3. The van der Waals surface area contributed by atoms with Crippen LogP contribution in [0.5, 0.6) is 5.75 Å². The molecule has 0 fully saturated rings. The van der Waals surface area contributed by atoms with Crippen LogP contribution < -0.4 is 15.8 Å². The van der Waals surface area contributed by atoms with Crippen LogP contribution in [0.2, 0.25) is 0 Å². The van der Waals surface area contributed by atoms with E-state index in [-0.39, 0.29) is 18.5 Å². The summed E-state index contributed by atoms with van der Waals surface area (Å²) in [4.78, 5) is 11.9. The number of anilines is 1. The summed E-state index contributed by atoms with van der Waals surface area (Å²) in [6.45, 7) is 4.44. The number of carbonyl (C=O) groups excluding carboxylic acids is 1. The monoisotopic (exact) mass is 289 g/mol. The normalized spacial score (nSPS) is 12.0. The number of amides is 1. The number of rotatable bonds is 6. The van der Waals surface area contributed by atoms with Crippen LogP contribution in [0.15, 0.2) is 30.5 Å². The SMILES string of the molecule is CCOc1ccc(NC(=O)Cn2cc(C(C)N)nn2)cc1. The summed E-state index contributed by atoms with van der Waals surface area (Å²) in [7, 11) is 0. The summed E-state index contributed by atoms with van der Waals surface area (Å²) in [6.07, 6.45) is 1.67. The first-order valence-corrected chi connectivity index (χ1v) is 6.77. The van der Waals surface area contributed by atoms with E-state index in [1.165, 1.54) is 4.68 Å². The van der Waals surface area contributed by atoms with E-state index in [1.54, 1.807) is 18.3 Å². The minimum absolute atomic E-state index is 0.0902. The molecule has 7 nitrogen and oxygen atoms in total. The number of hydrogen-bond donors (Lipinski definition) is 2. The molecule has 0 spiro atoms. The largest absolute Gasteiger partial charge is 0.494 e. The van der Waals surface area contributed by atoms with Crippen molar-refractivity contribution in [3.8, 4) is 5.75 Å². The number of carbonyl (C=O) groups is 1. The Morgan fingerprint density at radius 2 is 2.14 bits per heavy atom. The molecule has 0 radical (unpaired) electrons. The molecule has 2 aromatic rings. The zero-order chi connectivity index (χ0) is 15.2. The van der Waals surface area contributed by atoms with Gasteiger partial charge in [0.15, 0.2) is 0 Å². The van der Waals surface area contributed by atoms with Crippen molar-refractivity contribution >= 4 is 11.6 Å². The molecule has 0 bridgehead atoms. The summed E-state index contributed by atoms with van der Waals surface area (Å²) < 4.78 is 6.80. The maximum Gasteiger partial charge on any atom is 0.246 e. The second-order valence-electron chi connectivity index (χ2n) is 4.64. The van der Waals surface area contributed by atoms with Crippen LogP contribution in [-0.4, -0.2) is 27.5 Å². The number of nitrogens with one attached hydrogen (secondary N) is 1. The maximum atomic E-state index is 11.9. The molecule has 3 N–H and O–H groups in total. The maximum absolute atomic E-state index is 11.9. The highest BCUT2D eigenvalue weighted by Gasteiger charge is 2.08. The van der Waals surface area contributed by atoms with Crippen LogP contribution in [0.1, 0.15) is 25.6 Å². The highest BCUT2D eigenvalue weighted by molar-refractivity contribution is 5.90. The lowest BCUT2D eigenvalue weighted by Crippen LogP contribution is -2.19. The summed E-state index contributed by atoms with van der Waals surface area (Å²) in [6, 6.07) is 6.99. The minimum Gasteiger partial charge on any atom is -0.494 e. The first kappa shape index (κ1) is 15.0. The van der Waals surface area contributed by atoms with Crippen LogP contribution in [0.25, 0.3) is 0 Å². The first-order valence-electron chi connectivity index (χ1n) is 6.77. The predicted octanol–water partition coefficient (Wildman–Crippen LogP) is 1.34. The van der Waals surface area contributed by atoms with E-state index in [2.05, 4.69) is 15.6 Å². The molecule has 1 aromatic heterocycles. The van der Waals surface area contributed by atoms with Crippen molar-refractivity contribution in [3.05, 3.63) is 36.2 Å². The van der Waals surface area contributed by atoms with Gasteiger partial charge in [-0.1, -0.05) is 5.21 Å². The lowest BCUT2D eigenvalue weighted by atomic mass is 10.3. The molecule has 0 aliphatic heterocycles. The van der Waals surface area contributed by atoms with E-state index in [0.717, 1.165) is 5.75 Å². The minimum atomic E-state index is -0.201. The Labute approximate surface area is 123 Å². The zero-order valence-corrected chi connectivity index (χ0v) is 12.1. The van der Waals surface area contributed by atoms with Crippen molar-refractivity contribution in [3.63, 3.8) is 0 Å². The lowest BCUT2D eigenvalue weighted by molar-refractivity contribution is -0.116. The molecule has 1 aromatic carbocycles. The van der Waals surface area contributed by atoms with Gasteiger partial charge < -0.3 is 15.8 Å². The average molecular weight is 289 g/mol. The Kier molecular flexibility index (Phi) is 4.89. The topological polar surface area (TPSA) is 95.1 Å². The van der Waals surface area contributed by atoms with E-state index in [1.807, 2.05) is 26.0 Å². The molecule has 1 unspecified atom stereocenters. The van der Waals surface area contributed by atoms with Gasteiger partial charge in [0.2, 0.25) is 5.91 Å². The number of nitrogens with zero attached hydrogens (tertiary/aromatic N) is 3. The van der Waals surface area contributed by atoms with Crippen molar-refractivity contribution in [2.75, 3.05) is 11.9 Å². The molecule has 0 aliphatic rings. The fourth-order valence-corrected chi connectivity index (χ4v) is 1.75. The third kappa shape index (κ3) is 4.28. The Morgan fingerprint density at radius 1 is 1.43 bits per heavy atom.